The first-order valence-electron chi connectivity index (χ1n) is 9.59. The van der Waals surface area contributed by atoms with E-state index in [0.29, 0.717) is 11.1 Å². The summed E-state index contributed by atoms with van der Waals surface area (Å²) in [6.45, 7) is 0. The van der Waals surface area contributed by atoms with E-state index in [1.165, 1.54) is 0 Å². The van der Waals surface area contributed by atoms with Gasteiger partial charge in [-0.15, -0.1) is 0 Å². The molecule has 0 spiro atoms. The molecule has 0 saturated heterocycles. The van der Waals surface area contributed by atoms with Gasteiger partial charge in [0, 0.05) is 24.0 Å². The second-order valence-corrected chi connectivity index (χ2v) is 6.50. The van der Waals surface area contributed by atoms with Crippen molar-refractivity contribution < 1.29 is 49.1 Å². The van der Waals surface area contributed by atoms with Crippen molar-refractivity contribution in [2.24, 2.45) is 0 Å². The van der Waals surface area contributed by atoms with E-state index in [4.69, 9.17) is 0 Å². The van der Waals surface area contributed by atoms with Gasteiger partial charge in [-0.2, -0.15) is 0 Å². The van der Waals surface area contributed by atoms with Crippen LogP contribution in [0.2, 0.25) is 0 Å². The summed E-state index contributed by atoms with van der Waals surface area (Å²) < 4.78 is 9.01. The van der Waals surface area contributed by atoms with Crippen molar-refractivity contribution in [1.82, 2.24) is 0 Å². The Morgan fingerprint density at radius 2 is 0.833 bits per heavy atom. The molecule has 0 amide bonds. The number of hydrogen-bond acceptors (Lipinski definition) is 10. The molecule has 10 nitrogen and oxygen atoms in total. The second kappa shape index (κ2) is 18.2. The van der Waals surface area contributed by atoms with Crippen LogP contribution < -0.4 is 20.4 Å². The maximum absolute atomic E-state index is 10.9. The molecule has 0 radical (unpaired) electrons. The van der Waals surface area contributed by atoms with E-state index in [-0.39, 0.29) is 58.9 Å². The van der Waals surface area contributed by atoms with E-state index >= 15 is 0 Å². The van der Waals surface area contributed by atoms with E-state index in [0.717, 1.165) is 14.2 Å². The third kappa shape index (κ3) is 11.6. The monoisotopic (exact) mass is 516 g/mol. The zero-order chi connectivity index (χ0) is 25.7. The zero-order valence-corrected chi connectivity index (χ0v) is 22.5. The topological polar surface area (TPSA) is 179 Å². The Morgan fingerprint density at radius 1 is 0.556 bits per heavy atom. The van der Waals surface area contributed by atoms with Crippen LogP contribution in [0.15, 0.2) is 83.3 Å². The first-order valence-corrected chi connectivity index (χ1v) is 9.59. The Hall–Kier alpha value is -3.07. The first-order chi connectivity index (χ1) is 16.1. The van der Waals surface area contributed by atoms with Crippen molar-refractivity contribution >= 4 is 70.0 Å². The van der Waals surface area contributed by atoms with E-state index in [9.17, 15) is 39.6 Å². The minimum Gasteiger partial charge on any atom is -0.545 e. The van der Waals surface area contributed by atoms with Crippen molar-refractivity contribution in [3.63, 3.8) is 0 Å². The molecule has 0 aliphatic heterocycles. The van der Waals surface area contributed by atoms with Crippen LogP contribution in [0.25, 0.3) is 0 Å². The van der Waals surface area contributed by atoms with Gasteiger partial charge in [0.25, 0.3) is 0 Å². The first kappa shape index (κ1) is 35.1. The minimum absolute atomic E-state index is 0. The van der Waals surface area contributed by atoms with Gasteiger partial charge in [-0.25, -0.2) is 0 Å². The number of methoxy groups -OCH3 is 2. The summed E-state index contributed by atoms with van der Waals surface area (Å²) in [4.78, 5) is 43.1. The second-order valence-electron chi connectivity index (χ2n) is 6.50. The molecule has 36 heavy (non-hydrogen) atoms. The van der Waals surface area contributed by atoms with Crippen molar-refractivity contribution in [3.8, 4) is 0 Å². The van der Waals surface area contributed by atoms with Crippen LogP contribution >= 0.6 is 0 Å². The molecule has 180 valence electrons. The molecule has 0 unspecified atom stereocenters. The molecule has 0 aliphatic carbocycles. The molecule has 0 N–H and O–H groups in total. The molecule has 0 atom stereocenters. The summed E-state index contributed by atoms with van der Waals surface area (Å²) in [5.41, 5.74) is 0.391. The number of benzene rings is 2. The smallest absolute Gasteiger partial charge is 0.545 e. The van der Waals surface area contributed by atoms with Crippen molar-refractivity contribution in [3.05, 3.63) is 94.5 Å². The fraction of sp³-hybridized carbons (Fsp3) is 0.167. The zero-order valence-electron chi connectivity index (χ0n) is 19.7. The van der Waals surface area contributed by atoms with Gasteiger partial charge in [-0.3, -0.25) is 0 Å². The molecule has 2 rings (SSSR count). The molecule has 0 bridgehead atoms. The third-order valence-corrected chi connectivity index (χ3v) is 4.27. The average molecular weight is 517 g/mol. The molecule has 2 aromatic carbocycles. The van der Waals surface area contributed by atoms with Crippen molar-refractivity contribution in [2.75, 3.05) is 14.2 Å². The van der Waals surface area contributed by atoms with Gasteiger partial charge in [0.05, 0.1) is 26.2 Å². The number of ether oxygens (including phenoxy) is 2. The Bertz CT molecular complexity index is 993. The normalized spacial score (nSPS) is 10.9. The number of carboxylic acid groups (broad SMARTS) is 4. The fourth-order valence-corrected chi connectivity index (χ4v) is 2.75. The van der Waals surface area contributed by atoms with Crippen LogP contribution in [0.4, 0.5) is 0 Å². The van der Waals surface area contributed by atoms with Crippen LogP contribution in [0.1, 0.15) is 11.1 Å². The van der Waals surface area contributed by atoms with Gasteiger partial charge >= 0.3 is 46.1 Å². The van der Waals surface area contributed by atoms with Crippen LogP contribution in [0.3, 0.4) is 0 Å². The number of rotatable bonds is 10. The molecule has 0 aromatic heterocycles. The Balaban J connectivity index is 0. The molecule has 2 aromatic rings. The standard InChI is InChI=1S/2C12H12O5.2Mg/c2*1-17-10(12(15)16)9(11(13)14)7-8-5-3-2-4-6-8;;/h2*2-6H,7H2,1H3,(H,13,14)(H,15,16);;/q;;2*+2/p-4/b2*10-9+;;. The number of carboxylic acids is 4. The molecular formula is C24H20Mg2O10. The largest absolute Gasteiger partial charge is 2.00 e. The van der Waals surface area contributed by atoms with Gasteiger partial charge in [-0.05, 0) is 11.1 Å². The van der Waals surface area contributed by atoms with Crippen LogP contribution in [-0.4, -0.2) is 84.2 Å². The predicted octanol–water partition coefficient (Wildman–Crippen LogP) is -3.50. The Kier molecular flexibility index (Phi) is 17.8. The summed E-state index contributed by atoms with van der Waals surface area (Å²) in [6.07, 6.45) is -0.194. The van der Waals surface area contributed by atoms with Gasteiger partial charge in [0.2, 0.25) is 0 Å². The maximum atomic E-state index is 10.9. The summed E-state index contributed by atoms with van der Waals surface area (Å²) in [6, 6.07) is 17.1. The van der Waals surface area contributed by atoms with Crippen LogP contribution in [0, 0.1) is 0 Å². The van der Waals surface area contributed by atoms with E-state index in [2.05, 4.69) is 9.47 Å². The van der Waals surface area contributed by atoms with E-state index in [1.807, 2.05) is 0 Å². The van der Waals surface area contributed by atoms with Crippen LogP contribution in [-0.2, 0) is 41.5 Å². The molecule has 0 fully saturated rings. The maximum Gasteiger partial charge on any atom is 2.00 e. The Morgan fingerprint density at radius 3 is 1.03 bits per heavy atom. The molecular weight excluding hydrogens is 497 g/mol. The molecule has 0 aliphatic rings. The number of carbonyl (C=O) groups is 4. The number of aliphatic carboxylic acids is 4. The summed E-state index contributed by atoms with van der Waals surface area (Å²) in [5.74, 6) is -7.96. The molecule has 12 heteroatoms. The molecule has 0 saturated carbocycles. The quantitative estimate of drug-likeness (QED) is 0.174. The van der Waals surface area contributed by atoms with Crippen molar-refractivity contribution in [1.29, 1.82) is 0 Å². The summed E-state index contributed by atoms with van der Waals surface area (Å²) in [7, 11) is 2.14. The van der Waals surface area contributed by atoms with Crippen molar-refractivity contribution in [2.45, 2.75) is 12.8 Å². The third-order valence-electron chi connectivity index (χ3n) is 4.27. The predicted molar refractivity (Wildman–Crippen MR) is 120 cm³/mol. The average Bonchev–Trinajstić information content (AvgIpc) is 2.80. The number of hydrogen-bond donors (Lipinski definition) is 0. The minimum atomic E-state index is -1.68. The summed E-state index contributed by atoms with van der Waals surface area (Å²) >= 11 is 0. The van der Waals surface area contributed by atoms with Gasteiger partial charge in [0.15, 0.2) is 0 Å². The summed E-state index contributed by atoms with van der Waals surface area (Å²) in [5, 5.41) is 43.1. The Labute approximate surface area is 239 Å². The van der Waals surface area contributed by atoms with E-state index in [1.54, 1.807) is 60.7 Å². The number of carbonyl (C=O) groups excluding carboxylic acids is 4. The van der Waals surface area contributed by atoms with E-state index < -0.39 is 46.5 Å². The van der Waals surface area contributed by atoms with Crippen LogP contribution in [0.5, 0.6) is 0 Å². The molecule has 0 heterocycles. The SMILES string of the molecule is CO/C(C(=O)[O-])=C(\Cc1ccccc1)C(=O)[O-].CO/C(C(=O)[O-])=C(\Cc1ccccc1)C(=O)[O-].[Mg+2].[Mg+2]. The van der Waals surface area contributed by atoms with Gasteiger partial charge in [0.1, 0.15) is 23.5 Å². The fourth-order valence-electron chi connectivity index (χ4n) is 2.75. The van der Waals surface area contributed by atoms with Gasteiger partial charge < -0.3 is 49.1 Å². The van der Waals surface area contributed by atoms with Gasteiger partial charge in [-0.1, -0.05) is 60.7 Å².